The van der Waals surface area contributed by atoms with Crippen LogP contribution in [0.25, 0.3) is 0 Å². The lowest BCUT2D eigenvalue weighted by Gasteiger charge is -2.36. The Balaban J connectivity index is 2.28. The van der Waals surface area contributed by atoms with E-state index in [1.807, 2.05) is 0 Å². The Kier molecular flexibility index (Phi) is 7.87. The lowest BCUT2D eigenvalue weighted by atomic mass is 9.89. The van der Waals surface area contributed by atoms with Crippen LogP contribution in [0.15, 0.2) is 0 Å². The highest BCUT2D eigenvalue weighted by molar-refractivity contribution is 4.81. The number of nitrogens with one attached hydrogen (secondary N) is 1. The molecule has 1 aliphatic rings. The van der Waals surface area contributed by atoms with Gasteiger partial charge >= 0.3 is 0 Å². The molecule has 1 rings (SSSR count). The number of rotatable bonds is 8. The fourth-order valence-corrected chi connectivity index (χ4v) is 2.99. The van der Waals surface area contributed by atoms with E-state index < -0.39 is 0 Å². The van der Waals surface area contributed by atoms with Crippen LogP contribution in [0.4, 0.5) is 0 Å². The van der Waals surface area contributed by atoms with Gasteiger partial charge in [0.25, 0.3) is 0 Å². The highest BCUT2D eigenvalue weighted by Gasteiger charge is 2.24. The Morgan fingerprint density at radius 3 is 2.44 bits per heavy atom. The van der Waals surface area contributed by atoms with Gasteiger partial charge in [-0.05, 0) is 58.2 Å². The quantitative estimate of drug-likeness (QED) is 0.722. The maximum atomic E-state index is 5.26. The van der Waals surface area contributed by atoms with Crippen molar-refractivity contribution in [1.82, 2.24) is 10.2 Å². The first-order valence-corrected chi connectivity index (χ1v) is 7.68. The van der Waals surface area contributed by atoms with Gasteiger partial charge in [0.05, 0.1) is 6.61 Å². The number of hydrogen-bond acceptors (Lipinski definition) is 3. The predicted octanol–water partition coefficient (Wildman–Crippen LogP) is 2.51. The minimum atomic E-state index is 0.513. The summed E-state index contributed by atoms with van der Waals surface area (Å²) in [4.78, 5) is 2.61. The molecular weight excluding hydrogens is 224 g/mol. The largest absolute Gasteiger partial charge is 0.383 e. The van der Waals surface area contributed by atoms with Crippen molar-refractivity contribution in [2.75, 3.05) is 33.4 Å². The van der Waals surface area contributed by atoms with E-state index in [1.165, 1.54) is 38.9 Å². The van der Waals surface area contributed by atoms with E-state index in [2.05, 4.69) is 31.0 Å². The fraction of sp³-hybridized carbons (Fsp3) is 1.00. The highest BCUT2D eigenvalue weighted by atomic mass is 16.5. The predicted molar refractivity (Wildman–Crippen MR) is 78.0 cm³/mol. The second-order valence-electron chi connectivity index (χ2n) is 5.69. The lowest BCUT2D eigenvalue weighted by molar-refractivity contribution is 0.131. The molecule has 0 saturated carbocycles. The van der Waals surface area contributed by atoms with E-state index in [-0.39, 0.29) is 0 Å². The van der Waals surface area contributed by atoms with Crippen LogP contribution in [0.2, 0.25) is 0 Å². The third kappa shape index (κ3) is 5.25. The summed E-state index contributed by atoms with van der Waals surface area (Å²) in [6.45, 7) is 11.5. The molecule has 0 bridgehead atoms. The molecule has 3 heteroatoms. The third-order valence-electron chi connectivity index (χ3n) is 4.24. The first-order valence-electron chi connectivity index (χ1n) is 7.68. The molecule has 108 valence electrons. The maximum Gasteiger partial charge on any atom is 0.0615 e. The normalized spacial score (nSPS) is 22.0. The molecule has 0 spiro atoms. The average Bonchev–Trinajstić information content (AvgIpc) is 2.39. The molecule has 18 heavy (non-hydrogen) atoms. The van der Waals surface area contributed by atoms with Crippen LogP contribution in [-0.2, 0) is 4.74 Å². The molecule has 2 atom stereocenters. The summed E-state index contributed by atoms with van der Waals surface area (Å²) in [5.74, 6) is 0.837. The Hall–Kier alpha value is -0.120. The standard InChI is InChI=1S/C15H32N2O/c1-5-9-17-10-7-14(8-11-17)13(3)16-15(6-2)12-18-4/h13-16H,5-12H2,1-4H3. The summed E-state index contributed by atoms with van der Waals surface area (Å²) >= 11 is 0. The molecule has 0 aliphatic carbocycles. The Bertz CT molecular complexity index is 203. The monoisotopic (exact) mass is 256 g/mol. The van der Waals surface area contributed by atoms with Crippen LogP contribution in [0.5, 0.6) is 0 Å². The van der Waals surface area contributed by atoms with Crippen molar-refractivity contribution in [2.24, 2.45) is 5.92 Å². The Morgan fingerprint density at radius 1 is 1.28 bits per heavy atom. The number of ether oxygens (including phenoxy) is 1. The van der Waals surface area contributed by atoms with Gasteiger partial charge < -0.3 is 15.0 Å². The van der Waals surface area contributed by atoms with Crippen LogP contribution >= 0.6 is 0 Å². The van der Waals surface area contributed by atoms with Crippen molar-refractivity contribution < 1.29 is 4.74 Å². The molecule has 1 heterocycles. The van der Waals surface area contributed by atoms with Gasteiger partial charge in [-0.2, -0.15) is 0 Å². The molecule has 0 aromatic carbocycles. The van der Waals surface area contributed by atoms with E-state index in [0.29, 0.717) is 12.1 Å². The van der Waals surface area contributed by atoms with Gasteiger partial charge in [0.15, 0.2) is 0 Å². The van der Waals surface area contributed by atoms with E-state index in [9.17, 15) is 0 Å². The van der Waals surface area contributed by atoms with Crippen molar-refractivity contribution >= 4 is 0 Å². The summed E-state index contributed by atoms with van der Waals surface area (Å²) in [5.41, 5.74) is 0. The topological polar surface area (TPSA) is 24.5 Å². The SMILES string of the molecule is CCCN1CCC(C(C)NC(CC)COC)CC1. The third-order valence-corrected chi connectivity index (χ3v) is 4.24. The maximum absolute atomic E-state index is 5.26. The van der Waals surface area contributed by atoms with Crippen LogP contribution in [0.3, 0.4) is 0 Å². The first kappa shape index (κ1) is 15.9. The van der Waals surface area contributed by atoms with Crippen molar-refractivity contribution in [2.45, 2.75) is 58.5 Å². The molecule has 1 aliphatic heterocycles. The van der Waals surface area contributed by atoms with E-state index in [4.69, 9.17) is 4.74 Å². The summed E-state index contributed by atoms with van der Waals surface area (Å²) in [5, 5.41) is 3.74. The molecule has 1 saturated heterocycles. The summed E-state index contributed by atoms with van der Waals surface area (Å²) in [7, 11) is 1.79. The minimum absolute atomic E-state index is 0.513. The Morgan fingerprint density at radius 2 is 1.94 bits per heavy atom. The molecule has 0 aromatic heterocycles. The average molecular weight is 256 g/mol. The summed E-state index contributed by atoms with van der Waals surface area (Å²) < 4.78 is 5.26. The van der Waals surface area contributed by atoms with Crippen molar-refractivity contribution in [1.29, 1.82) is 0 Å². The number of hydrogen-bond donors (Lipinski definition) is 1. The van der Waals surface area contributed by atoms with Gasteiger partial charge in [-0.3, -0.25) is 0 Å². The molecule has 0 radical (unpaired) electrons. The number of likely N-dealkylation sites (tertiary alicyclic amines) is 1. The highest BCUT2D eigenvalue weighted by Crippen LogP contribution is 2.21. The van der Waals surface area contributed by atoms with E-state index in [0.717, 1.165) is 18.9 Å². The van der Waals surface area contributed by atoms with Gasteiger partial charge in [0, 0.05) is 19.2 Å². The van der Waals surface area contributed by atoms with Gasteiger partial charge in [-0.15, -0.1) is 0 Å². The second kappa shape index (κ2) is 8.89. The zero-order chi connectivity index (χ0) is 13.4. The molecule has 3 nitrogen and oxygen atoms in total. The molecule has 1 fully saturated rings. The van der Waals surface area contributed by atoms with Crippen LogP contribution in [0.1, 0.15) is 46.5 Å². The second-order valence-corrected chi connectivity index (χ2v) is 5.69. The van der Waals surface area contributed by atoms with Crippen molar-refractivity contribution in [3.05, 3.63) is 0 Å². The smallest absolute Gasteiger partial charge is 0.0615 e. The van der Waals surface area contributed by atoms with Crippen LogP contribution in [0, 0.1) is 5.92 Å². The molecule has 1 N–H and O–H groups in total. The van der Waals surface area contributed by atoms with Crippen LogP contribution < -0.4 is 5.32 Å². The lowest BCUT2D eigenvalue weighted by Crippen LogP contribution is -2.46. The first-order chi connectivity index (χ1) is 8.71. The van der Waals surface area contributed by atoms with Gasteiger partial charge in [0.1, 0.15) is 0 Å². The van der Waals surface area contributed by atoms with Gasteiger partial charge in [0.2, 0.25) is 0 Å². The zero-order valence-corrected chi connectivity index (χ0v) is 12.7. The number of piperidine rings is 1. The zero-order valence-electron chi connectivity index (χ0n) is 12.7. The molecular formula is C15H32N2O. The van der Waals surface area contributed by atoms with E-state index in [1.54, 1.807) is 7.11 Å². The van der Waals surface area contributed by atoms with Crippen LogP contribution in [-0.4, -0.2) is 50.3 Å². The summed E-state index contributed by atoms with van der Waals surface area (Å²) in [6, 6.07) is 1.13. The minimum Gasteiger partial charge on any atom is -0.383 e. The number of methoxy groups -OCH3 is 1. The van der Waals surface area contributed by atoms with Crippen molar-refractivity contribution in [3.63, 3.8) is 0 Å². The van der Waals surface area contributed by atoms with Gasteiger partial charge in [-0.1, -0.05) is 13.8 Å². The fourth-order valence-electron chi connectivity index (χ4n) is 2.99. The van der Waals surface area contributed by atoms with E-state index >= 15 is 0 Å². The Labute approximate surface area is 113 Å². The molecule has 0 amide bonds. The number of nitrogens with zero attached hydrogens (tertiary/aromatic N) is 1. The van der Waals surface area contributed by atoms with Crippen molar-refractivity contribution in [3.8, 4) is 0 Å². The molecule has 2 unspecified atom stereocenters. The summed E-state index contributed by atoms with van der Waals surface area (Å²) in [6.07, 6.45) is 5.12. The molecule has 0 aromatic rings. The van der Waals surface area contributed by atoms with Gasteiger partial charge in [-0.25, -0.2) is 0 Å².